The van der Waals surface area contributed by atoms with Gasteiger partial charge in [-0.1, -0.05) is 12.1 Å². The standard InChI is InChI=1S/C19H23N5OS/c1-13(2)24-19-17-8-7-15(10-18(17)22-12-23-19)21-11-14-5-4-6-16(9-14)26(3,20)25/h4-10,12-13,20-21H,11H2,1-3H3,(H,22,23,24). The van der Waals surface area contributed by atoms with Crippen molar-refractivity contribution in [2.24, 2.45) is 0 Å². The van der Waals surface area contributed by atoms with Gasteiger partial charge in [-0.15, -0.1) is 0 Å². The van der Waals surface area contributed by atoms with E-state index in [0.29, 0.717) is 17.5 Å². The normalized spacial score (nSPS) is 13.5. The van der Waals surface area contributed by atoms with Crippen LogP contribution in [0.25, 0.3) is 10.9 Å². The first-order valence-electron chi connectivity index (χ1n) is 8.41. The van der Waals surface area contributed by atoms with Crippen molar-refractivity contribution in [2.75, 3.05) is 16.9 Å². The predicted octanol–water partition coefficient (Wildman–Crippen LogP) is 4.10. The molecule has 7 heteroatoms. The molecule has 3 N–H and O–H groups in total. The largest absolute Gasteiger partial charge is 0.381 e. The molecule has 1 heterocycles. The zero-order valence-electron chi connectivity index (χ0n) is 15.1. The van der Waals surface area contributed by atoms with Crippen LogP contribution in [0.1, 0.15) is 19.4 Å². The van der Waals surface area contributed by atoms with Crippen LogP contribution in [0.3, 0.4) is 0 Å². The quantitative estimate of drug-likeness (QED) is 0.608. The first-order valence-corrected chi connectivity index (χ1v) is 10.4. The topological polar surface area (TPSA) is 90.8 Å². The zero-order chi connectivity index (χ0) is 18.7. The minimum Gasteiger partial charge on any atom is -0.381 e. The summed E-state index contributed by atoms with van der Waals surface area (Å²) in [6.07, 6.45) is 3.00. The van der Waals surface area contributed by atoms with E-state index >= 15 is 0 Å². The van der Waals surface area contributed by atoms with Crippen molar-refractivity contribution < 1.29 is 4.21 Å². The van der Waals surface area contributed by atoms with E-state index in [-0.39, 0.29) is 0 Å². The summed E-state index contributed by atoms with van der Waals surface area (Å²) >= 11 is 0. The SMILES string of the molecule is CC(C)Nc1ncnc2cc(NCc3cccc(S(C)(=N)=O)c3)ccc12. The molecule has 0 fully saturated rings. The molecule has 0 bridgehead atoms. The lowest BCUT2D eigenvalue weighted by Crippen LogP contribution is -2.11. The number of hydrogen-bond acceptors (Lipinski definition) is 6. The third-order valence-electron chi connectivity index (χ3n) is 3.91. The van der Waals surface area contributed by atoms with Gasteiger partial charge in [0, 0.05) is 34.8 Å². The highest BCUT2D eigenvalue weighted by Crippen LogP contribution is 2.23. The molecule has 3 rings (SSSR count). The van der Waals surface area contributed by atoms with Gasteiger partial charge in [0.2, 0.25) is 0 Å². The third kappa shape index (κ3) is 4.29. The summed E-state index contributed by atoms with van der Waals surface area (Å²) in [4.78, 5) is 9.22. The van der Waals surface area contributed by atoms with Crippen LogP contribution >= 0.6 is 0 Å². The van der Waals surface area contributed by atoms with Gasteiger partial charge in [0.15, 0.2) is 0 Å². The molecule has 1 atom stereocenters. The minimum atomic E-state index is -2.70. The van der Waals surface area contributed by atoms with E-state index in [1.54, 1.807) is 12.4 Å². The molecule has 2 aromatic carbocycles. The Morgan fingerprint density at radius 2 is 1.96 bits per heavy atom. The van der Waals surface area contributed by atoms with E-state index in [9.17, 15) is 4.21 Å². The highest BCUT2D eigenvalue weighted by atomic mass is 32.2. The maximum Gasteiger partial charge on any atom is 0.137 e. The van der Waals surface area contributed by atoms with Gasteiger partial charge in [-0.3, -0.25) is 0 Å². The molecule has 3 aromatic rings. The van der Waals surface area contributed by atoms with E-state index in [2.05, 4.69) is 34.4 Å². The molecule has 0 spiro atoms. The maximum atomic E-state index is 11.9. The van der Waals surface area contributed by atoms with Crippen molar-refractivity contribution in [3.05, 3.63) is 54.4 Å². The van der Waals surface area contributed by atoms with Crippen LogP contribution in [0, 0.1) is 4.78 Å². The summed E-state index contributed by atoms with van der Waals surface area (Å²) in [5, 5.41) is 7.67. The molecule has 0 aliphatic heterocycles. The second kappa shape index (κ2) is 7.29. The molecule has 6 nitrogen and oxygen atoms in total. The number of nitrogens with one attached hydrogen (secondary N) is 3. The van der Waals surface area contributed by atoms with Crippen LogP contribution in [0.4, 0.5) is 11.5 Å². The van der Waals surface area contributed by atoms with Crippen molar-refractivity contribution in [2.45, 2.75) is 31.3 Å². The number of fused-ring (bicyclic) bond motifs is 1. The van der Waals surface area contributed by atoms with Gasteiger partial charge in [0.1, 0.15) is 12.1 Å². The summed E-state index contributed by atoms with van der Waals surface area (Å²) in [5.74, 6) is 0.831. The van der Waals surface area contributed by atoms with Crippen molar-refractivity contribution in [1.82, 2.24) is 9.97 Å². The molecule has 1 unspecified atom stereocenters. The van der Waals surface area contributed by atoms with Crippen molar-refractivity contribution in [3.63, 3.8) is 0 Å². The van der Waals surface area contributed by atoms with Crippen molar-refractivity contribution in [1.29, 1.82) is 4.78 Å². The number of anilines is 2. The molecule has 0 radical (unpaired) electrons. The van der Waals surface area contributed by atoms with Crippen LogP contribution in [-0.2, 0) is 16.3 Å². The Kier molecular flexibility index (Phi) is 5.08. The molecule has 0 saturated carbocycles. The van der Waals surface area contributed by atoms with Crippen LogP contribution in [0.5, 0.6) is 0 Å². The Hall–Kier alpha value is -2.67. The Labute approximate surface area is 154 Å². The van der Waals surface area contributed by atoms with Crippen LogP contribution in [-0.4, -0.2) is 26.5 Å². The fourth-order valence-electron chi connectivity index (χ4n) is 2.66. The molecule has 0 saturated heterocycles. The van der Waals surface area contributed by atoms with Gasteiger partial charge in [0.05, 0.1) is 15.2 Å². The summed E-state index contributed by atoms with van der Waals surface area (Å²) in [5.41, 5.74) is 2.79. The molecule has 136 valence electrons. The fourth-order valence-corrected chi connectivity index (χ4v) is 3.37. The highest BCUT2D eigenvalue weighted by molar-refractivity contribution is 7.91. The Bertz CT molecular complexity index is 1030. The smallest absolute Gasteiger partial charge is 0.137 e. The number of nitrogens with zero attached hydrogens (tertiary/aromatic N) is 2. The van der Waals surface area contributed by atoms with Gasteiger partial charge in [-0.25, -0.2) is 19.0 Å². The van der Waals surface area contributed by atoms with Gasteiger partial charge in [0.25, 0.3) is 0 Å². The first-order chi connectivity index (χ1) is 12.3. The number of aromatic nitrogens is 2. The number of rotatable bonds is 6. The molecule has 0 amide bonds. The highest BCUT2D eigenvalue weighted by Gasteiger charge is 2.07. The zero-order valence-corrected chi connectivity index (χ0v) is 15.9. The minimum absolute atomic E-state index is 0.295. The second-order valence-corrected chi connectivity index (χ2v) is 8.76. The van der Waals surface area contributed by atoms with Gasteiger partial charge < -0.3 is 10.6 Å². The lowest BCUT2D eigenvalue weighted by molar-refractivity contribution is 0.679. The number of benzene rings is 2. The predicted molar refractivity (Wildman–Crippen MR) is 107 cm³/mol. The maximum absolute atomic E-state index is 11.9. The molecule has 0 aliphatic carbocycles. The van der Waals surface area contributed by atoms with E-state index < -0.39 is 9.73 Å². The fraction of sp³-hybridized carbons (Fsp3) is 0.263. The first kappa shape index (κ1) is 18.1. The van der Waals surface area contributed by atoms with Gasteiger partial charge in [-0.05, 0) is 49.7 Å². The second-order valence-electron chi connectivity index (χ2n) is 6.60. The molecule has 26 heavy (non-hydrogen) atoms. The summed E-state index contributed by atoms with van der Waals surface area (Å²) in [6, 6.07) is 13.6. The van der Waals surface area contributed by atoms with Crippen molar-refractivity contribution in [3.8, 4) is 0 Å². The van der Waals surface area contributed by atoms with Crippen LogP contribution in [0.2, 0.25) is 0 Å². The molecule has 0 aliphatic rings. The van der Waals surface area contributed by atoms with E-state index in [0.717, 1.165) is 28.0 Å². The van der Waals surface area contributed by atoms with Crippen LogP contribution in [0.15, 0.2) is 53.7 Å². The summed E-state index contributed by atoms with van der Waals surface area (Å²) in [6.45, 7) is 4.73. The van der Waals surface area contributed by atoms with Gasteiger partial charge >= 0.3 is 0 Å². The Morgan fingerprint density at radius 1 is 1.15 bits per heavy atom. The Morgan fingerprint density at radius 3 is 2.69 bits per heavy atom. The monoisotopic (exact) mass is 369 g/mol. The molecular formula is C19H23N5OS. The van der Waals surface area contributed by atoms with Crippen LogP contribution < -0.4 is 10.6 Å². The lowest BCUT2D eigenvalue weighted by atomic mass is 10.2. The lowest BCUT2D eigenvalue weighted by Gasteiger charge is -2.12. The summed E-state index contributed by atoms with van der Waals surface area (Å²) < 4.78 is 19.6. The average molecular weight is 369 g/mol. The van der Waals surface area contributed by atoms with E-state index in [1.807, 2.05) is 36.4 Å². The molecule has 1 aromatic heterocycles. The van der Waals surface area contributed by atoms with Gasteiger partial charge in [-0.2, -0.15) is 0 Å². The Balaban J connectivity index is 1.80. The van der Waals surface area contributed by atoms with E-state index in [4.69, 9.17) is 4.78 Å². The number of hydrogen-bond donors (Lipinski definition) is 3. The summed E-state index contributed by atoms with van der Waals surface area (Å²) in [7, 11) is -2.70. The third-order valence-corrected chi connectivity index (χ3v) is 5.06. The van der Waals surface area contributed by atoms with E-state index in [1.165, 1.54) is 6.26 Å². The van der Waals surface area contributed by atoms with Crippen molar-refractivity contribution >= 4 is 32.1 Å². The average Bonchev–Trinajstić information content (AvgIpc) is 2.59. The molecular weight excluding hydrogens is 346 g/mol.